The Hall–Kier alpha value is -0.880. The quantitative estimate of drug-likeness (QED) is 0.741. The normalized spacial score (nSPS) is 22.4. The fourth-order valence-corrected chi connectivity index (χ4v) is 2.27. The monoisotopic (exact) mass is 255 g/mol. The van der Waals surface area contributed by atoms with Gasteiger partial charge in [0.2, 0.25) is 0 Å². The molecular formula is C13H21NO4. The van der Waals surface area contributed by atoms with Gasteiger partial charge in [0.1, 0.15) is 12.4 Å². The van der Waals surface area contributed by atoms with Crippen molar-refractivity contribution >= 4 is 0 Å². The van der Waals surface area contributed by atoms with Crippen molar-refractivity contribution in [3.63, 3.8) is 0 Å². The molecule has 1 fully saturated rings. The molecule has 1 saturated heterocycles. The number of aliphatic hydroxyl groups is 2. The summed E-state index contributed by atoms with van der Waals surface area (Å²) in [6, 6.07) is 3.66. The summed E-state index contributed by atoms with van der Waals surface area (Å²) in [6.07, 6.45) is 2.13. The number of nitrogens with zero attached hydrogens (tertiary/aromatic N) is 1. The first-order valence-electron chi connectivity index (χ1n) is 6.39. The van der Waals surface area contributed by atoms with Crippen LogP contribution in [-0.2, 0) is 11.3 Å². The van der Waals surface area contributed by atoms with Crippen LogP contribution in [0.4, 0.5) is 0 Å². The zero-order chi connectivity index (χ0) is 12.8. The topological polar surface area (TPSA) is 66.1 Å². The molecule has 1 aliphatic rings. The highest BCUT2D eigenvalue weighted by atomic mass is 16.5. The highest BCUT2D eigenvalue weighted by Crippen LogP contribution is 2.15. The Labute approximate surface area is 107 Å². The van der Waals surface area contributed by atoms with E-state index in [9.17, 15) is 5.11 Å². The van der Waals surface area contributed by atoms with Crippen LogP contribution in [0.3, 0.4) is 0 Å². The summed E-state index contributed by atoms with van der Waals surface area (Å²) in [6.45, 7) is 3.35. The third kappa shape index (κ3) is 4.10. The average molecular weight is 255 g/mol. The lowest BCUT2D eigenvalue weighted by atomic mass is 10.1. The van der Waals surface area contributed by atoms with Crippen LogP contribution in [-0.4, -0.2) is 54.1 Å². The molecule has 0 aromatic carbocycles. The van der Waals surface area contributed by atoms with Crippen molar-refractivity contribution in [3.05, 3.63) is 24.2 Å². The molecule has 5 nitrogen and oxygen atoms in total. The summed E-state index contributed by atoms with van der Waals surface area (Å²) >= 11 is 0. The highest BCUT2D eigenvalue weighted by Gasteiger charge is 2.23. The first-order chi connectivity index (χ1) is 8.78. The van der Waals surface area contributed by atoms with Gasteiger partial charge in [0.15, 0.2) is 0 Å². The molecule has 0 amide bonds. The van der Waals surface area contributed by atoms with Crippen LogP contribution < -0.4 is 0 Å². The van der Waals surface area contributed by atoms with Crippen molar-refractivity contribution in [1.29, 1.82) is 0 Å². The predicted octanol–water partition coefficient (Wildman–Crippen LogP) is 0.471. The van der Waals surface area contributed by atoms with Gasteiger partial charge in [0.05, 0.1) is 19.0 Å². The molecule has 0 spiro atoms. The first kappa shape index (κ1) is 13.5. The summed E-state index contributed by atoms with van der Waals surface area (Å²) in [4.78, 5) is 2.17. The zero-order valence-electron chi connectivity index (χ0n) is 10.5. The summed E-state index contributed by atoms with van der Waals surface area (Å²) < 4.78 is 10.5. The van der Waals surface area contributed by atoms with Gasteiger partial charge in [-0.15, -0.1) is 0 Å². The maximum Gasteiger partial charge on any atom is 0.129 e. The summed E-state index contributed by atoms with van der Waals surface area (Å²) in [7, 11) is 0. The third-order valence-electron chi connectivity index (χ3n) is 3.23. The molecule has 18 heavy (non-hydrogen) atoms. The van der Waals surface area contributed by atoms with Crippen molar-refractivity contribution in [3.8, 4) is 0 Å². The molecule has 2 unspecified atom stereocenters. The zero-order valence-corrected chi connectivity index (χ0v) is 10.5. The molecular weight excluding hydrogens is 234 g/mol. The van der Waals surface area contributed by atoms with Crippen LogP contribution in [0.25, 0.3) is 0 Å². The van der Waals surface area contributed by atoms with Crippen molar-refractivity contribution in [2.24, 2.45) is 5.92 Å². The molecule has 0 saturated carbocycles. The summed E-state index contributed by atoms with van der Waals surface area (Å²) in [5.41, 5.74) is 0. The van der Waals surface area contributed by atoms with E-state index in [1.165, 1.54) is 0 Å². The minimum atomic E-state index is -0.489. The number of ether oxygens (including phenoxy) is 1. The van der Waals surface area contributed by atoms with Gasteiger partial charge in [-0.3, -0.25) is 0 Å². The molecule has 0 bridgehead atoms. The van der Waals surface area contributed by atoms with Gasteiger partial charge in [-0.25, -0.2) is 0 Å². The fraction of sp³-hybridized carbons (Fsp3) is 0.692. The summed E-state index contributed by atoms with van der Waals surface area (Å²) in [5, 5.41) is 18.9. The maximum absolute atomic E-state index is 9.84. The van der Waals surface area contributed by atoms with Gasteiger partial charge in [-0.2, -0.15) is 0 Å². The van der Waals surface area contributed by atoms with E-state index in [4.69, 9.17) is 14.3 Å². The number of hydrogen-bond acceptors (Lipinski definition) is 5. The standard InChI is InChI=1S/C13H21NO4/c15-8-11-3-4-14(6-11)7-12(16)9-17-10-13-2-1-5-18-13/h1-2,5,11-12,15-16H,3-4,6-10H2. The van der Waals surface area contributed by atoms with Gasteiger partial charge >= 0.3 is 0 Å². The van der Waals surface area contributed by atoms with E-state index < -0.39 is 6.10 Å². The third-order valence-corrected chi connectivity index (χ3v) is 3.23. The van der Waals surface area contributed by atoms with Gasteiger partial charge in [0, 0.05) is 19.7 Å². The second-order valence-corrected chi connectivity index (χ2v) is 4.85. The van der Waals surface area contributed by atoms with E-state index >= 15 is 0 Å². The van der Waals surface area contributed by atoms with Crippen LogP contribution in [0.2, 0.25) is 0 Å². The van der Waals surface area contributed by atoms with Crippen molar-refractivity contribution < 1.29 is 19.4 Å². The molecule has 0 aliphatic carbocycles. The second-order valence-electron chi connectivity index (χ2n) is 4.85. The molecule has 2 rings (SSSR count). The van der Waals surface area contributed by atoms with Crippen LogP contribution in [0.1, 0.15) is 12.2 Å². The number of β-amino-alcohol motifs (C(OH)–C–C–N with tert-alkyl or cyclic N) is 1. The predicted molar refractivity (Wildman–Crippen MR) is 66.0 cm³/mol. The Balaban J connectivity index is 1.59. The van der Waals surface area contributed by atoms with E-state index in [1.807, 2.05) is 12.1 Å². The van der Waals surface area contributed by atoms with E-state index in [-0.39, 0.29) is 6.61 Å². The highest BCUT2D eigenvalue weighted by molar-refractivity contribution is 4.96. The van der Waals surface area contributed by atoms with Crippen LogP contribution in [0.5, 0.6) is 0 Å². The lowest BCUT2D eigenvalue weighted by molar-refractivity contribution is 0.00755. The molecule has 1 aromatic heterocycles. The number of likely N-dealkylation sites (tertiary alicyclic amines) is 1. The Morgan fingerprint density at radius 3 is 3.11 bits per heavy atom. The van der Waals surface area contributed by atoms with E-state index in [2.05, 4.69) is 4.90 Å². The number of aliphatic hydroxyl groups excluding tert-OH is 2. The van der Waals surface area contributed by atoms with Gasteiger partial charge in [-0.1, -0.05) is 0 Å². The first-order valence-corrected chi connectivity index (χ1v) is 6.39. The molecule has 102 valence electrons. The van der Waals surface area contributed by atoms with Crippen molar-refractivity contribution in [2.45, 2.75) is 19.1 Å². The number of furan rings is 1. The van der Waals surface area contributed by atoms with Crippen molar-refractivity contribution in [2.75, 3.05) is 32.8 Å². The van der Waals surface area contributed by atoms with Crippen LogP contribution in [0.15, 0.2) is 22.8 Å². The second kappa shape index (κ2) is 6.89. The Kier molecular flexibility index (Phi) is 5.19. The van der Waals surface area contributed by atoms with Gasteiger partial charge in [0.25, 0.3) is 0 Å². The molecule has 2 N–H and O–H groups in total. The fourth-order valence-electron chi connectivity index (χ4n) is 2.27. The smallest absolute Gasteiger partial charge is 0.129 e. The largest absolute Gasteiger partial charge is 0.467 e. The Bertz CT molecular complexity index is 328. The lowest BCUT2D eigenvalue weighted by Crippen LogP contribution is -2.33. The average Bonchev–Trinajstić information content (AvgIpc) is 3.00. The number of hydrogen-bond donors (Lipinski definition) is 2. The molecule has 2 heterocycles. The minimum absolute atomic E-state index is 0.238. The maximum atomic E-state index is 9.84. The van der Waals surface area contributed by atoms with Crippen LogP contribution >= 0.6 is 0 Å². The SMILES string of the molecule is OCC1CCN(CC(O)COCc2ccco2)C1. The molecule has 2 atom stereocenters. The van der Waals surface area contributed by atoms with E-state index in [0.29, 0.717) is 25.7 Å². The van der Waals surface area contributed by atoms with E-state index in [0.717, 1.165) is 25.3 Å². The summed E-state index contributed by atoms with van der Waals surface area (Å²) in [5.74, 6) is 1.13. The van der Waals surface area contributed by atoms with Crippen molar-refractivity contribution in [1.82, 2.24) is 4.90 Å². The van der Waals surface area contributed by atoms with Gasteiger partial charge in [-0.05, 0) is 31.0 Å². The minimum Gasteiger partial charge on any atom is -0.467 e. The van der Waals surface area contributed by atoms with Gasteiger partial charge < -0.3 is 24.3 Å². The molecule has 1 aliphatic heterocycles. The van der Waals surface area contributed by atoms with E-state index in [1.54, 1.807) is 6.26 Å². The number of rotatable bonds is 7. The molecule has 1 aromatic rings. The van der Waals surface area contributed by atoms with Crippen LogP contribution in [0, 0.1) is 5.92 Å². The molecule has 5 heteroatoms. The molecule has 0 radical (unpaired) electrons. The Morgan fingerprint density at radius 2 is 2.44 bits per heavy atom. The Morgan fingerprint density at radius 1 is 1.56 bits per heavy atom. The lowest BCUT2D eigenvalue weighted by Gasteiger charge is -2.19.